The van der Waals surface area contributed by atoms with E-state index in [1.54, 1.807) is 0 Å². The molecule has 1 aliphatic heterocycles. The molecule has 0 N–H and O–H groups in total. The van der Waals surface area contributed by atoms with Gasteiger partial charge < -0.3 is 9.47 Å². The summed E-state index contributed by atoms with van der Waals surface area (Å²) in [4.78, 5) is 19.1. The van der Waals surface area contributed by atoms with Gasteiger partial charge >= 0.3 is 0 Å². The predicted molar refractivity (Wildman–Crippen MR) is 83.1 cm³/mol. The Balaban J connectivity index is 1.59. The molecule has 21 heavy (non-hydrogen) atoms. The highest BCUT2D eigenvalue weighted by molar-refractivity contribution is 5.79. The summed E-state index contributed by atoms with van der Waals surface area (Å²) in [6, 6.07) is 0.517. The average Bonchev–Trinajstić information content (AvgIpc) is 2.87. The SMILES string of the molecule is Cc1cnc(C)n1C1CCN(C(=O)C2CCCCC2)CC1. The standard InChI is InChI=1S/C17H27N3O/c1-13-12-18-14(2)20(13)16-8-10-19(11-9-16)17(21)15-6-4-3-5-7-15/h12,15-16H,3-11H2,1-2H3. The van der Waals surface area contributed by atoms with Crippen LogP contribution >= 0.6 is 0 Å². The number of likely N-dealkylation sites (tertiary alicyclic amines) is 1. The maximum atomic E-state index is 12.6. The number of piperidine rings is 1. The lowest BCUT2D eigenvalue weighted by atomic mass is 9.87. The number of nitrogens with zero attached hydrogens (tertiary/aromatic N) is 3. The monoisotopic (exact) mass is 289 g/mol. The fourth-order valence-electron chi connectivity index (χ4n) is 4.07. The van der Waals surface area contributed by atoms with Crippen LogP contribution in [0.3, 0.4) is 0 Å². The molecule has 116 valence electrons. The third-order valence-corrected chi connectivity index (χ3v) is 5.26. The van der Waals surface area contributed by atoms with E-state index in [4.69, 9.17) is 0 Å². The molecule has 1 saturated heterocycles. The van der Waals surface area contributed by atoms with Crippen LogP contribution in [-0.2, 0) is 4.79 Å². The number of aromatic nitrogens is 2. The fraction of sp³-hybridized carbons (Fsp3) is 0.765. The van der Waals surface area contributed by atoms with Gasteiger partial charge in [-0.15, -0.1) is 0 Å². The minimum atomic E-state index is 0.312. The van der Waals surface area contributed by atoms with Gasteiger partial charge in [0, 0.05) is 36.9 Å². The van der Waals surface area contributed by atoms with Gasteiger partial charge in [-0.3, -0.25) is 4.79 Å². The zero-order valence-corrected chi connectivity index (χ0v) is 13.3. The van der Waals surface area contributed by atoms with Gasteiger partial charge in [0.1, 0.15) is 5.82 Å². The first-order valence-corrected chi connectivity index (χ1v) is 8.46. The van der Waals surface area contributed by atoms with E-state index in [1.807, 2.05) is 6.20 Å². The summed E-state index contributed by atoms with van der Waals surface area (Å²) in [5.41, 5.74) is 1.24. The number of amides is 1. The molecule has 0 atom stereocenters. The number of aryl methyl sites for hydroxylation is 2. The fourth-order valence-corrected chi connectivity index (χ4v) is 4.07. The number of rotatable bonds is 2. The maximum Gasteiger partial charge on any atom is 0.225 e. The highest BCUT2D eigenvalue weighted by Crippen LogP contribution is 2.29. The smallest absolute Gasteiger partial charge is 0.225 e. The first-order valence-electron chi connectivity index (χ1n) is 8.46. The first kappa shape index (κ1) is 14.6. The molecule has 1 amide bonds. The Bertz CT molecular complexity index is 475. The van der Waals surface area contributed by atoms with Gasteiger partial charge in [-0.1, -0.05) is 19.3 Å². The number of imidazole rings is 1. The van der Waals surface area contributed by atoms with E-state index in [-0.39, 0.29) is 0 Å². The molecule has 0 aromatic carbocycles. The molecule has 1 aliphatic carbocycles. The van der Waals surface area contributed by atoms with Crippen molar-refractivity contribution in [3.05, 3.63) is 17.7 Å². The lowest BCUT2D eigenvalue weighted by molar-refractivity contribution is -0.137. The van der Waals surface area contributed by atoms with E-state index < -0.39 is 0 Å². The molecule has 2 aliphatic rings. The number of carbonyl (C=O) groups excluding carboxylic acids is 1. The van der Waals surface area contributed by atoms with Gasteiger partial charge in [-0.25, -0.2) is 4.98 Å². The van der Waals surface area contributed by atoms with Crippen molar-refractivity contribution >= 4 is 5.91 Å². The molecule has 2 heterocycles. The number of hydrogen-bond acceptors (Lipinski definition) is 2. The van der Waals surface area contributed by atoms with Crippen molar-refractivity contribution in [3.8, 4) is 0 Å². The van der Waals surface area contributed by atoms with Crippen LogP contribution < -0.4 is 0 Å². The summed E-state index contributed by atoms with van der Waals surface area (Å²) in [5.74, 6) is 1.84. The third-order valence-electron chi connectivity index (χ3n) is 5.26. The number of carbonyl (C=O) groups is 1. The molecule has 1 aromatic heterocycles. The van der Waals surface area contributed by atoms with Crippen molar-refractivity contribution in [3.63, 3.8) is 0 Å². The van der Waals surface area contributed by atoms with Crippen LogP contribution in [0.25, 0.3) is 0 Å². The quantitative estimate of drug-likeness (QED) is 0.838. The van der Waals surface area contributed by atoms with E-state index in [0.29, 0.717) is 17.9 Å². The molecule has 1 saturated carbocycles. The number of hydrogen-bond donors (Lipinski definition) is 0. The second-order valence-electron chi connectivity index (χ2n) is 6.71. The summed E-state index contributed by atoms with van der Waals surface area (Å²) in [5, 5.41) is 0. The van der Waals surface area contributed by atoms with Gasteiger partial charge in [0.15, 0.2) is 0 Å². The van der Waals surface area contributed by atoms with Crippen molar-refractivity contribution in [2.45, 2.75) is 64.8 Å². The summed E-state index contributed by atoms with van der Waals surface area (Å²) in [6.07, 6.45) is 10.1. The molecule has 2 fully saturated rings. The summed E-state index contributed by atoms with van der Waals surface area (Å²) in [7, 11) is 0. The summed E-state index contributed by atoms with van der Waals surface area (Å²) < 4.78 is 2.35. The molecule has 0 spiro atoms. The zero-order chi connectivity index (χ0) is 14.8. The molecule has 0 bridgehead atoms. The van der Waals surface area contributed by atoms with Gasteiger partial charge in [-0.05, 0) is 39.5 Å². The second kappa shape index (κ2) is 6.20. The normalized spacial score (nSPS) is 21.7. The van der Waals surface area contributed by atoms with E-state index in [9.17, 15) is 4.79 Å². The van der Waals surface area contributed by atoms with Crippen molar-refractivity contribution in [2.75, 3.05) is 13.1 Å². The Hall–Kier alpha value is -1.32. The van der Waals surface area contributed by atoms with Crippen molar-refractivity contribution < 1.29 is 4.79 Å². The van der Waals surface area contributed by atoms with Gasteiger partial charge in [0.25, 0.3) is 0 Å². The first-order chi connectivity index (χ1) is 10.2. The molecule has 4 heteroatoms. The van der Waals surface area contributed by atoms with Crippen LogP contribution in [0.15, 0.2) is 6.20 Å². The minimum absolute atomic E-state index is 0.312. The molecule has 1 aromatic rings. The van der Waals surface area contributed by atoms with Crippen LogP contribution in [0, 0.1) is 19.8 Å². The van der Waals surface area contributed by atoms with E-state index >= 15 is 0 Å². The van der Waals surface area contributed by atoms with Crippen LogP contribution in [0.5, 0.6) is 0 Å². The largest absolute Gasteiger partial charge is 0.342 e. The molecule has 0 radical (unpaired) electrons. The second-order valence-corrected chi connectivity index (χ2v) is 6.71. The maximum absolute atomic E-state index is 12.6. The lowest BCUT2D eigenvalue weighted by Gasteiger charge is -2.36. The Morgan fingerprint density at radius 3 is 2.33 bits per heavy atom. The molecule has 4 nitrogen and oxygen atoms in total. The average molecular weight is 289 g/mol. The van der Waals surface area contributed by atoms with E-state index in [0.717, 1.165) is 44.6 Å². The Morgan fingerprint density at radius 2 is 1.76 bits per heavy atom. The zero-order valence-electron chi connectivity index (χ0n) is 13.3. The van der Waals surface area contributed by atoms with Crippen molar-refractivity contribution in [1.29, 1.82) is 0 Å². The minimum Gasteiger partial charge on any atom is -0.342 e. The van der Waals surface area contributed by atoms with E-state index in [2.05, 4.69) is 28.3 Å². The van der Waals surface area contributed by atoms with Gasteiger partial charge in [-0.2, -0.15) is 0 Å². The third kappa shape index (κ3) is 2.99. The Kier molecular flexibility index (Phi) is 4.32. The Labute approximate surface area is 127 Å². The van der Waals surface area contributed by atoms with Gasteiger partial charge in [0.05, 0.1) is 0 Å². The lowest BCUT2D eigenvalue weighted by Crippen LogP contribution is -2.42. The van der Waals surface area contributed by atoms with E-state index in [1.165, 1.54) is 25.0 Å². The predicted octanol–water partition coefficient (Wildman–Crippen LogP) is 3.24. The van der Waals surface area contributed by atoms with Crippen molar-refractivity contribution in [2.24, 2.45) is 5.92 Å². The highest BCUT2D eigenvalue weighted by Gasteiger charge is 2.30. The van der Waals surface area contributed by atoms with Crippen LogP contribution in [0.2, 0.25) is 0 Å². The molecular formula is C17H27N3O. The topological polar surface area (TPSA) is 38.1 Å². The molecule has 3 rings (SSSR count). The van der Waals surface area contributed by atoms with Crippen LogP contribution in [0.4, 0.5) is 0 Å². The van der Waals surface area contributed by atoms with Crippen molar-refractivity contribution in [1.82, 2.24) is 14.5 Å². The summed E-state index contributed by atoms with van der Waals surface area (Å²) in [6.45, 7) is 6.03. The Morgan fingerprint density at radius 1 is 1.10 bits per heavy atom. The molecule has 0 unspecified atom stereocenters. The summed E-state index contributed by atoms with van der Waals surface area (Å²) >= 11 is 0. The molecular weight excluding hydrogens is 262 g/mol. The van der Waals surface area contributed by atoms with Crippen LogP contribution in [0.1, 0.15) is 62.5 Å². The highest BCUT2D eigenvalue weighted by atomic mass is 16.2. The van der Waals surface area contributed by atoms with Crippen LogP contribution in [-0.4, -0.2) is 33.4 Å². The van der Waals surface area contributed by atoms with Gasteiger partial charge in [0.2, 0.25) is 5.91 Å².